The van der Waals surface area contributed by atoms with Gasteiger partial charge >= 0.3 is 0 Å². The molecule has 0 fully saturated rings. The maximum Gasteiger partial charge on any atom is 0.181 e. The Balaban J connectivity index is 1.86. The van der Waals surface area contributed by atoms with Gasteiger partial charge in [-0.15, -0.1) is 0 Å². The minimum atomic E-state index is -1.24. The van der Waals surface area contributed by atoms with Gasteiger partial charge < -0.3 is 0 Å². The first kappa shape index (κ1) is 18.4. The standard InChI is InChI=1S/C20H18FN5OS/c1-3-13-11-23-18(24-20(13)28(2)27)17-15-8-6-10-22-19(15)26(25-17)12-14-7-4-5-9-16(14)21/h4-11H,3,12H2,1-2H3. The summed E-state index contributed by atoms with van der Waals surface area (Å²) in [4.78, 5) is 13.3. The van der Waals surface area contributed by atoms with E-state index in [1.807, 2.05) is 13.0 Å². The van der Waals surface area contributed by atoms with Crippen LogP contribution in [0.4, 0.5) is 4.39 Å². The Hall–Kier alpha value is -3.00. The number of pyridine rings is 1. The molecule has 0 aliphatic rings. The maximum absolute atomic E-state index is 14.1. The van der Waals surface area contributed by atoms with Crippen molar-refractivity contribution in [3.63, 3.8) is 0 Å². The number of halogens is 1. The number of benzene rings is 1. The normalized spacial score (nSPS) is 12.4. The minimum absolute atomic E-state index is 0.236. The van der Waals surface area contributed by atoms with Gasteiger partial charge in [0.05, 0.1) is 22.7 Å². The van der Waals surface area contributed by atoms with Gasteiger partial charge in [-0.3, -0.25) is 4.21 Å². The van der Waals surface area contributed by atoms with Crippen molar-refractivity contribution in [3.8, 4) is 11.5 Å². The van der Waals surface area contributed by atoms with Gasteiger partial charge in [-0.2, -0.15) is 5.10 Å². The third-order valence-corrected chi connectivity index (χ3v) is 5.37. The second-order valence-corrected chi connectivity index (χ2v) is 7.60. The molecule has 4 aromatic rings. The lowest BCUT2D eigenvalue weighted by Crippen LogP contribution is -2.05. The number of hydrogen-bond donors (Lipinski definition) is 0. The maximum atomic E-state index is 14.1. The molecule has 142 valence electrons. The van der Waals surface area contributed by atoms with Gasteiger partial charge in [0.2, 0.25) is 0 Å². The Morgan fingerprint density at radius 1 is 1.11 bits per heavy atom. The lowest BCUT2D eigenvalue weighted by molar-refractivity contribution is 0.589. The Bertz CT molecular complexity index is 1190. The largest absolute Gasteiger partial charge is 0.253 e. The summed E-state index contributed by atoms with van der Waals surface area (Å²) in [5, 5.41) is 5.88. The van der Waals surface area contributed by atoms with E-state index in [-0.39, 0.29) is 12.4 Å². The van der Waals surface area contributed by atoms with Gasteiger partial charge in [0.25, 0.3) is 0 Å². The molecule has 28 heavy (non-hydrogen) atoms. The van der Waals surface area contributed by atoms with Crippen LogP contribution in [0.5, 0.6) is 0 Å². The highest BCUT2D eigenvalue weighted by molar-refractivity contribution is 7.84. The topological polar surface area (TPSA) is 73.6 Å². The second-order valence-electron chi connectivity index (χ2n) is 6.30. The van der Waals surface area contributed by atoms with E-state index in [2.05, 4.69) is 20.1 Å². The summed E-state index contributed by atoms with van der Waals surface area (Å²) in [5.41, 5.74) is 2.51. The van der Waals surface area contributed by atoms with Crippen LogP contribution >= 0.6 is 0 Å². The number of aryl methyl sites for hydroxylation is 1. The van der Waals surface area contributed by atoms with Crippen LogP contribution in [-0.4, -0.2) is 35.2 Å². The Labute approximate surface area is 163 Å². The van der Waals surface area contributed by atoms with Gasteiger partial charge in [-0.1, -0.05) is 25.1 Å². The Morgan fingerprint density at radius 2 is 1.93 bits per heavy atom. The summed E-state index contributed by atoms with van der Waals surface area (Å²) in [5.74, 6) is 0.0866. The van der Waals surface area contributed by atoms with E-state index in [0.717, 1.165) is 10.9 Å². The molecule has 1 aromatic carbocycles. The molecule has 0 radical (unpaired) electrons. The third-order valence-electron chi connectivity index (χ3n) is 4.47. The van der Waals surface area contributed by atoms with Gasteiger partial charge in [-0.05, 0) is 24.6 Å². The molecule has 1 atom stereocenters. The van der Waals surface area contributed by atoms with Gasteiger partial charge in [-0.25, -0.2) is 24.0 Å². The molecule has 0 aliphatic heterocycles. The lowest BCUT2D eigenvalue weighted by Gasteiger charge is -2.05. The van der Waals surface area contributed by atoms with Crippen LogP contribution in [0.2, 0.25) is 0 Å². The van der Waals surface area contributed by atoms with E-state index in [1.165, 1.54) is 6.07 Å². The van der Waals surface area contributed by atoms with Crippen LogP contribution in [0.1, 0.15) is 18.1 Å². The summed E-state index contributed by atoms with van der Waals surface area (Å²) in [6.07, 6.45) is 5.65. The fraction of sp³-hybridized carbons (Fsp3) is 0.200. The van der Waals surface area contributed by atoms with Crippen LogP contribution in [0.15, 0.2) is 53.8 Å². The van der Waals surface area contributed by atoms with E-state index in [4.69, 9.17) is 0 Å². The quantitative estimate of drug-likeness (QED) is 0.485. The molecule has 3 heterocycles. The molecule has 0 aliphatic carbocycles. The van der Waals surface area contributed by atoms with Crippen molar-refractivity contribution in [3.05, 3.63) is 65.7 Å². The van der Waals surface area contributed by atoms with Gasteiger partial charge in [0.1, 0.15) is 16.5 Å². The molecule has 0 bridgehead atoms. The number of nitrogens with zero attached hydrogens (tertiary/aromatic N) is 5. The molecule has 3 aromatic heterocycles. The number of aromatic nitrogens is 5. The zero-order valence-corrected chi connectivity index (χ0v) is 16.3. The van der Waals surface area contributed by atoms with Crippen LogP contribution in [0.3, 0.4) is 0 Å². The smallest absolute Gasteiger partial charge is 0.181 e. The van der Waals surface area contributed by atoms with Crippen molar-refractivity contribution in [1.82, 2.24) is 24.7 Å². The van der Waals surface area contributed by atoms with Crippen LogP contribution < -0.4 is 0 Å². The van der Waals surface area contributed by atoms with Crippen molar-refractivity contribution >= 4 is 21.8 Å². The summed E-state index contributed by atoms with van der Waals surface area (Å²) >= 11 is 0. The molecular weight excluding hydrogens is 377 g/mol. The van der Waals surface area contributed by atoms with Crippen LogP contribution in [-0.2, 0) is 23.8 Å². The zero-order valence-electron chi connectivity index (χ0n) is 15.5. The number of hydrogen-bond acceptors (Lipinski definition) is 5. The van der Waals surface area contributed by atoms with E-state index in [0.29, 0.717) is 34.2 Å². The van der Waals surface area contributed by atoms with E-state index in [1.54, 1.807) is 47.6 Å². The highest BCUT2D eigenvalue weighted by atomic mass is 32.2. The average molecular weight is 395 g/mol. The fourth-order valence-corrected chi connectivity index (χ4v) is 3.85. The highest BCUT2D eigenvalue weighted by Crippen LogP contribution is 2.26. The second kappa shape index (κ2) is 7.55. The highest BCUT2D eigenvalue weighted by Gasteiger charge is 2.18. The molecule has 8 heteroatoms. The van der Waals surface area contributed by atoms with E-state index < -0.39 is 10.8 Å². The Kier molecular flexibility index (Phi) is 4.95. The summed E-state index contributed by atoms with van der Waals surface area (Å²) in [6, 6.07) is 10.3. The van der Waals surface area contributed by atoms with Crippen LogP contribution in [0.25, 0.3) is 22.6 Å². The van der Waals surface area contributed by atoms with Crippen molar-refractivity contribution < 1.29 is 8.60 Å². The molecular formula is C20H18FN5OS. The minimum Gasteiger partial charge on any atom is -0.253 e. The van der Waals surface area contributed by atoms with Crippen molar-refractivity contribution in [1.29, 1.82) is 0 Å². The lowest BCUT2D eigenvalue weighted by atomic mass is 10.2. The van der Waals surface area contributed by atoms with Gasteiger partial charge in [0.15, 0.2) is 11.5 Å². The predicted molar refractivity (Wildman–Crippen MR) is 106 cm³/mol. The average Bonchev–Trinajstić information content (AvgIpc) is 3.08. The third kappa shape index (κ3) is 3.31. The number of fused-ring (bicyclic) bond motifs is 1. The first-order valence-electron chi connectivity index (χ1n) is 8.83. The van der Waals surface area contributed by atoms with E-state index >= 15 is 0 Å². The SMILES string of the molecule is CCc1cnc(-c2nn(Cc3ccccc3F)c3ncccc23)nc1S(C)=O. The molecule has 0 saturated carbocycles. The zero-order chi connectivity index (χ0) is 19.7. The van der Waals surface area contributed by atoms with Crippen molar-refractivity contribution in [2.75, 3.05) is 6.26 Å². The monoisotopic (exact) mass is 395 g/mol. The summed E-state index contributed by atoms with van der Waals surface area (Å²) in [7, 11) is -1.24. The summed E-state index contributed by atoms with van der Waals surface area (Å²) < 4.78 is 27.8. The fourth-order valence-electron chi connectivity index (χ4n) is 3.07. The predicted octanol–water partition coefficient (Wildman–Crippen LogP) is 3.38. The van der Waals surface area contributed by atoms with E-state index in [9.17, 15) is 8.60 Å². The molecule has 4 rings (SSSR count). The molecule has 0 N–H and O–H groups in total. The molecule has 6 nitrogen and oxygen atoms in total. The first-order chi connectivity index (χ1) is 13.6. The first-order valence-corrected chi connectivity index (χ1v) is 10.4. The van der Waals surface area contributed by atoms with Crippen molar-refractivity contribution in [2.45, 2.75) is 24.9 Å². The molecule has 0 saturated heterocycles. The molecule has 0 spiro atoms. The summed E-state index contributed by atoms with van der Waals surface area (Å²) in [6.45, 7) is 2.21. The number of rotatable bonds is 5. The van der Waals surface area contributed by atoms with Crippen LogP contribution in [0, 0.1) is 5.82 Å². The van der Waals surface area contributed by atoms with Gasteiger partial charge in [0, 0.05) is 29.8 Å². The molecule has 1 unspecified atom stereocenters. The van der Waals surface area contributed by atoms with Crippen molar-refractivity contribution in [2.24, 2.45) is 0 Å². The Morgan fingerprint density at radius 3 is 2.68 bits per heavy atom. The molecule has 0 amide bonds.